The van der Waals surface area contributed by atoms with Crippen LogP contribution in [0.1, 0.15) is 35.7 Å². The molecule has 5 rings (SSSR count). The number of aliphatic hydroxyl groups is 1. The van der Waals surface area contributed by atoms with Crippen LogP contribution in [-0.4, -0.2) is 78.0 Å². The van der Waals surface area contributed by atoms with Gasteiger partial charge in [-0.25, -0.2) is 13.2 Å². The van der Waals surface area contributed by atoms with Crippen molar-refractivity contribution in [2.24, 2.45) is 0 Å². The van der Waals surface area contributed by atoms with Crippen molar-refractivity contribution in [2.75, 3.05) is 44.4 Å². The number of methoxy groups -OCH3 is 1. The number of aromatic amines is 1. The van der Waals surface area contributed by atoms with Gasteiger partial charge in [-0.2, -0.15) is 4.31 Å². The molecule has 0 saturated carbocycles. The van der Waals surface area contributed by atoms with Gasteiger partial charge in [0.2, 0.25) is 10.0 Å². The molecule has 0 bridgehead atoms. The zero-order valence-electron chi connectivity index (χ0n) is 20.1. The van der Waals surface area contributed by atoms with Gasteiger partial charge in [0, 0.05) is 47.7 Å². The third kappa shape index (κ3) is 3.58. The van der Waals surface area contributed by atoms with Crippen LogP contribution >= 0.6 is 0 Å². The number of carbonyl (C=O) groups is 1. The first-order valence-corrected chi connectivity index (χ1v) is 13.0. The lowest BCUT2D eigenvalue weighted by Gasteiger charge is -2.55. The van der Waals surface area contributed by atoms with Gasteiger partial charge < -0.3 is 29.6 Å². The minimum Gasteiger partial charge on any atom is -0.497 e. The molecule has 1 fully saturated rings. The number of hydrogen-bond acceptors (Lipinski definition) is 7. The summed E-state index contributed by atoms with van der Waals surface area (Å²) in [6, 6.07) is 4.59. The average molecular weight is 504 g/mol. The molecule has 1 atom stereocenters. The first-order chi connectivity index (χ1) is 16.6. The molecule has 1 spiro atoms. The second kappa shape index (κ2) is 8.25. The van der Waals surface area contributed by atoms with Gasteiger partial charge in [-0.1, -0.05) is 5.16 Å². The number of amides is 2. The number of urea groups is 1. The number of rotatable bonds is 5. The van der Waals surface area contributed by atoms with Crippen molar-refractivity contribution >= 4 is 32.6 Å². The fourth-order valence-electron chi connectivity index (χ4n) is 5.33. The molecule has 4 heterocycles. The van der Waals surface area contributed by atoms with Crippen molar-refractivity contribution < 1.29 is 27.6 Å². The van der Waals surface area contributed by atoms with Crippen molar-refractivity contribution in [3.05, 3.63) is 40.9 Å². The number of nitrogens with zero attached hydrogens (tertiary/aromatic N) is 3. The number of aromatic nitrogens is 2. The molecule has 0 unspecified atom stereocenters. The first kappa shape index (κ1) is 23.6. The summed E-state index contributed by atoms with van der Waals surface area (Å²) in [5, 5.41) is 18.1. The molecule has 1 saturated heterocycles. The Morgan fingerprint density at radius 1 is 1.34 bits per heavy atom. The third-order valence-corrected chi connectivity index (χ3v) is 8.94. The predicted octanol–water partition coefficient (Wildman–Crippen LogP) is 2.27. The number of H-pyrrole nitrogens is 1. The van der Waals surface area contributed by atoms with Crippen LogP contribution in [0.5, 0.6) is 5.75 Å². The average Bonchev–Trinajstić information content (AvgIpc) is 3.36. The largest absolute Gasteiger partial charge is 0.497 e. The molecular weight excluding hydrogens is 474 g/mol. The van der Waals surface area contributed by atoms with E-state index in [4.69, 9.17) is 9.26 Å². The smallest absolute Gasteiger partial charge is 0.322 e. The molecule has 35 heavy (non-hydrogen) atoms. The summed E-state index contributed by atoms with van der Waals surface area (Å²) in [5.41, 5.74) is 2.85. The molecule has 1 aromatic carbocycles. The lowest BCUT2D eigenvalue weighted by atomic mass is 9.70. The van der Waals surface area contributed by atoms with E-state index in [1.165, 1.54) is 4.31 Å². The van der Waals surface area contributed by atoms with Gasteiger partial charge in [0.25, 0.3) is 0 Å². The van der Waals surface area contributed by atoms with E-state index in [0.717, 1.165) is 16.5 Å². The molecule has 12 heteroatoms. The van der Waals surface area contributed by atoms with E-state index in [1.54, 1.807) is 32.8 Å². The number of sulfonamides is 1. The monoisotopic (exact) mass is 503 g/mol. The SMILES string of the molecule is CCS(=O)(=O)N1CC2(CN(C(=O)Nc3c(C)noc3C)[C@@H](CO)c3[nH]c4cc(OC)ccc4c32)C1. The summed E-state index contributed by atoms with van der Waals surface area (Å²) < 4.78 is 37.2. The van der Waals surface area contributed by atoms with E-state index in [-0.39, 0.29) is 32.0 Å². The van der Waals surface area contributed by atoms with E-state index in [9.17, 15) is 18.3 Å². The number of fused-ring (bicyclic) bond motifs is 4. The maximum absolute atomic E-state index is 13.5. The van der Waals surface area contributed by atoms with Gasteiger partial charge >= 0.3 is 6.03 Å². The Hall–Kier alpha value is -3.09. The van der Waals surface area contributed by atoms with Crippen LogP contribution in [0.4, 0.5) is 10.5 Å². The number of anilines is 1. The summed E-state index contributed by atoms with van der Waals surface area (Å²) in [7, 11) is -1.80. The van der Waals surface area contributed by atoms with E-state index >= 15 is 0 Å². The highest BCUT2D eigenvalue weighted by Crippen LogP contribution is 2.49. The molecular formula is C23H29N5O6S. The van der Waals surface area contributed by atoms with Gasteiger partial charge in [0.1, 0.15) is 17.1 Å². The molecule has 188 valence electrons. The fourth-order valence-corrected chi connectivity index (χ4v) is 6.58. The normalized spacial score (nSPS) is 19.6. The quantitative estimate of drug-likeness (QED) is 0.485. The maximum Gasteiger partial charge on any atom is 0.322 e. The van der Waals surface area contributed by atoms with Crippen LogP contribution in [0.2, 0.25) is 0 Å². The summed E-state index contributed by atoms with van der Waals surface area (Å²) in [4.78, 5) is 18.5. The summed E-state index contributed by atoms with van der Waals surface area (Å²) in [6.07, 6.45) is 0. The molecule has 0 aliphatic carbocycles. The molecule has 2 amide bonds. The molecule has 11 nitrogen and oxygen atoms in total. The topological polar surface area (TPSA) is 141 Å². The zero-order chi connectivity index (χ0) is 25.1. The highest BCUT2D eigenvalue weighted by molar-refractivity contribution is 7.89. The number of nitrogens with one attached hydrogen (secondary N) is 2. The Kier molecular flexibility index (Phi) is 5.57. The number of carbonyl (C=O) groups excluding carboxylic acids is 1. The summed E-state index contributed by atoms with van der Waals surface area (Å²) in [6.45, 7) is 5.50. The maximum atomic E-state index is 13.5. The minimum absolute atomic E-state index is 0.0104. The Labute approximate surface area is 203 Å². The predicted molar refractivity (Wildman–Crippen MR) is 129 cm³/mol. The highest BCUT2D eigenvalue weighted by Gasteiger charge is 2.56. The number of hydrogen-bond donors (Lipinski definition) is 3. The molecule has 2 aromatic heterocycles. The number of benzene rings is 1. The molecule has 2 aliphatic heterocycles. The van der Waals surface area contributed by atoms with Crippen LogP contribution < -0.4 is 10.1 Å². The highest BCUT2D eigenvalue weighted by atomic mass is 32.2. The second-order valence-corrected chi connectivity index (χ2v) is 11.5. The van der Waals surface area contributed by atoms with Gasteiger partial charge in [0.15, 0.2) is 5.76 Å². The van der Waals surface area contributed by atoms with Crippen molar-refractivity contribution in [2.45, 2.75) is 32.2 Å². The Morgan fingerprint density at radius 3 is 2.69 bits per heavy atom. The summed E-state index contributed by atoms with van der Waals surface area (Å²) >= 11 is 0. The van der Waals surface area contributed by atoms with Crippen molar-refractivity contribution in [1.82, 2.24) is 19.3 Å². The van der Waals surface area contributed by atoms with Gasteiger partial charge in [-0.3, -0.25) is 0 Å². The lowest BCUT2D eigenvalue weighted by Crippen LogP contribution is -2.68. The van der Waals surface area contributed by atoms with Crippen molar-refractivity contribution in [3.63, 3.8) is 0 Å². The van der Waals surface area contributed by atoms with E-state index in [1.807, 2.05) is 18.2 Å². The minimum atomic E-state index is -3.38. The third-order valence-electron chi connectivity index (χ3n) is 7.16. The Bertz CT molecular complexity index is 1390. The number of aliphatic hydroxyl groups excluding tert-OH is 1. The second-order valence-electron chi connectivity index (χ2n) is 9.23. The van der Waals surface area contributed by atoms with Crippen LogP contribution in [0.15, 0.2) is 22.7 Å². The Balaban J connectivity index is 1.60. The number of aryl methyl sites for hydroxylation is 2. The molecule has 0 radical (unpaired) electrons. The lowest BCUT2D eigenvalue weighted by molar-refractivity contribution is 0.0551. The van der Waals surface area contributed by atoms with Crippen molar-refractivity contribution in [1.29, 1.82) is 0 Å². The molecule has 3 N–H and O–H groups in total. The van der Waals surface area contributed by atoms with Gasteiger partial charge in [-0.05, 0) is 38.5 Å². The first-order valence-electron chi connectivity index (χ1n) is 11.4. The molecule has 2 aliphatic rings. The standard InChI is InChI=1S/C23H29N5O6S/c1-5-35(31,32)27-10-23(11-27)12-28(22(30)25-20-13(2)26-34-14(20)3)18(9-29)21-19(23)16-7-6-15(33-4)8-17(16)24-21/h6-8,18,24,29H,5,9-12H2,1-4H3,(H,25,30)/t18-/m0/s1. The van der Waals surface area contributed by atoms with E-state index in [2.05, 4.69) is 15.5 Å². The summed E-state index contributed by atoms with van der Waals surface area (Å²) in [5.74, 6) is 1.16. The zero-order valence-corrected chi connectivity index (χ0v) is 20.9. The van der Waals surface area contributed by atoms with Crippen molar-refractivity contribution in [3.8, 4) is 5.75 Å². The van der Waals surface area contributed by atoms with Gasteiger partial charge in [0.05, 0.1) is 25.5 Å². The van der Waals surface area contributed by atoms with Gasteiger partial charge in [-0.15, -0.1) is 0 Å². The van der Waals surface area contributed by atoms with Crippen LogP contribution in [0, 0.1) is 13.8 Å². The Morgan fingerprint density at radius 2 is 2.09 bits per heavy atom. The van der Waals surface area contributed by atoms with E-state index < -0.39 is 27.5 Å². The van der Waals surface area contributed by atoms with E-state index in [0.29, 0.717) is 28.6 Å². The van der Waals surface area contributed by atoms with Crippen LogP contribution in [0.25, 0.3) is 10.9 Å². The number of ether oxygens (including phenoxy) is 1. The molecule has 3 aromatic rings. The van der Waals surface area contributed by atoms with Crippen LogP contribution in [-0.2, 0) is 15.4 Å². The van der Waals surface area contributed by atoms with Crippen LogP contribution in [0.3, 0.4) is 0 Å². The fraction of sp³-hybridized carbons (Fsp3) is 0.478.